The summed E-state index contributed by atoms with van der Waals surface area (Å²) >= 11 is 0. The first-order valence-corrected chi connectivity index (χ1v) is 5.58. The molecule has 5 heteroatoms. The minimum atomic E-state index is -0.399. The summed E-state index contributed by atoms with van der Waals surface area (Å²) in [6.45, 7) is 5.68. The van der Waals surface area contributed by atoms with Crippen LogP contribution in [0.5, 0.6) is 0 Å². The van der Waals surface area contributed by atoms with Crippen molar-refractivity contribution in [1.29, 1.82) is 0 Å². The second-order valence-corrected chi connectivity index (χ2v) is 4.38. The molecule has 0 aliphatic heterocycles. The second-order valence-electron chi connectivity index (χ2n) is 4.38. The van der Waals surface area contributed by atoms with Crippen LogP contribution in [0.25, 0.3) is 0 Å². The number of anilines is 1. The van der Waals surface area contributed by atoms with E-state index in [0.29, 0.717) is 11.3 Å². The fourth-order valence-electron chi connectivity index (χ4n) is 1.60. The van der Waals surface area contributed by atoms with Crippen LogP contribution in [0.4, 0.5) is 11.4 Å². The lowest BCUT2D eigenvalue weighted by atomic mass is 10.0. The van der Waals surface area contributed by atoms with E-state index in [0.717, 1.165) is 0 Å². The maximum atomic E-state index is 10.8. The normalized spacial score (nSPS) is 12.5. The monoisotopic (exact) mass is 238 g/mol. The van der Waals surface area contributed by atoms with E-state index in [4.69, 9.17) is 0 Å². The average Bonchev–Trinajstić information content (AvgIpc) is 2.26. The molecule has 5 nitrogen and oxygen atoms in total. The van der Waals surface area contributed by atoms with Gasteiger partial charge in [-0.25, -0.2) is 0 Å². The van der Waals surface area contributed by atoms with Crippen molar-refractivity contribution < 1.29 is 10.0 Å². The first kappa shape index (κ1) is 13.4. The topological polar surface area (TPSA) is 75.4 Å². The highest BCUT2D eigenvalue weighted by Gasteiger charge is 2.17. The average molecular weight is 238 g/mol. The predicted molar refractivity (Wildman–Crippen MR) is 67.2 cm³/mol. The summed E-state index contributed by atoms with van der Waals surface area (Å²) < 4.78 is 0. The molecule has 0 spiro atoms. The smallest absolute Gasteiger partial charge is 0.274 e. The standard InChI is InChI=1S/C12H18N2O3/c1-8(2)11(7-15)13-10-5-4-6-12(9(10)3)14(16)17/h4-6,8,11,13,15H,7H2,1-3H3/t11-/m1/s1. The van der Waals surface area contributed by atoms with Crippen LogP contribution in [0, 0.1) is 23.0 Å². The third-order valence-electron chi connectivity index (χ3n) is 2.84. The molecule has 94 valence electrons. The van der Waals surface area contributed by atoms with E-state index in [1.807, 2.05) is 13.8 Å². The number of nitrogens with one attached hydrogen (secondary N) is 1. The van der Waals surface area contributed by atoms with Crippen LogP contribution in [0.2, 0.25) is 0 Å². The molecular weight excluding hydrogens is 220 g/mol. The number of nitro benzene ring substituents is 1. The molecule has 0 aromatic heterocycles. The van der Waals surface area contributed by atoms with Crippen LogP contribution in [0.15, 0.2) is 18.2 Å². The number of nitro groups is 1. The van der Waals surface area contributed by atoms with E-state index >= 15 is 0 Å². The zero-order valence-corrected chi connectivity index (χ0v) is 10.3. The van der Waals surface area contributed by atoms with Crippen LogP contribution < -0.4 is 5.32 Å². The maximum Gasteiger partial charge on any atom is 0.274 e. The predicted octanol–water partition coefficient (Wildman–Crippen LogP) is 2.33. The fourth-order valence-corrected chi connectivity index (χ4v) is 1.60. The van der Waals surface area contributed by atoms with Crippen molar-refractivity contribution in [1.82, 2.24) is 0 Å². The van der Waals surface area contributed by atoms with E-state index in [2.05, 4.69) is 5.32 Å². The molecule has 0 saturated heterocycles. The number of hydrogen-bond donors (Lipinski definition) is 2. The van der Waals surface area contributed by atoms with Gasteiger partial charge in [-0.3, -0.25) is 10.1 Å². The largest absolute Gasteiger partial charge is 0.394 e. The zero-order chi connectivity index (χ0) is 13.0. The highest BCUT2D eigenvalue weighted by Crippen LogP contribution is 2.26. The van der Waals surface area contributed by atoms with Gasteiger partial charge in [0.05, 0.1) is 17.6 Å². The molecule has 0 heterocycles. The number of rotatable bonds is 5. The van der Waals surface area contributed by atoms with Gasteiger partial charge in [-0.05, 0) is 18.9 Å². The molecule has 0 radical (unpaired) electrons. The van der Waals surface area contributed by atoms with Crippen molar-refractivity contribution in [3.63, 3.8) is 0 Å². The Bertz CT molecular complexity index is 405. The lowest BCUT2D eigenvalue weighted by Gasteiger charge is -2.22. The van der Waals surface area contributed by atoms with Gasteiger partial charge in [-0.15, -0.1) is 0 Å². The van der Waals surface area contributed by atoms with Crippen LogP contribution in [0.3, 0.4) is 0 Å². The summed E-state index contributed by atoms with van der Waals surface area (Å²) in [5, 5.41) is 23.2. The number of aliphatic hydroxyl groups excluding tert-OH is 1. The molecule has 0 amide bonds. The van der Waals surface area contributed by atoms with Gasteiger partial charge >= 0.3 is 0 Å². The quantitative estimate of drug-likeness (QED) is 0.609. The fraction of sp³-hybridized carbons (Fsp3) is 0.500. The summed E-state index contributed by atoms with van der Waals surface area (Å²) in [6.07, 6.45) is 0. The molecule has 17 heavy (non-hydrogen) atoms. The SMILES string of the molecule is Cc1c(N[C@H](CO)C(C)C)cccc1[N+](=O)[O-]. The second kappa shape index (κ2) is 5.63. The van der Waals surface area contributed by atoms with Gasteiger partial charge < -0.3 is 10.4 Å². The van der Waals surface area contributed by atoms with E-state index < -0.39 is 4.92 Å². The summed E-state index contributed by atoms with van der Waals surface area (Å²) in [6, 6.07) is 4.80. The molecule has 2 N–H and O–H groups in total. The van der Waals surface area contributed by atoms with E-state index in [1.165, 1.54) is 6.07 Å². The molecule has 0 aliphatic rings. The molecule has 1 rings (SSSR count). The van der Waals surface area contributed by atoms with Crippen LogP contribution in [-0.4, -0.2) is 22.7 Å². The third kappa shape index (κ3) is 3.17. The van der Waals surface area contributed by atoms with Gasteiger partial charge in [0.1, 0.15) is 0 Å². The van der Waals surface area contributed by atoms with Gasteiger partial charge in [0.15, 0.2) is 0 Å². The van der Waals surface area contributed by atoms with Gasteiger partial charge in [0.2, 0.25) is 0 Å². The number of nitrogens with zero attached hydrogens (tertiary/aromatic N) is 1. The van der Waals surface area contributed by atoms with Crippen molar-refractivity contribution in [2.75, 3.05) is 11.9 Å². The van der Waals surface area contributed by atoms with Crippen LogP contribution >= 0.6 is 0 Å². The van der Waals surface area contributed by atoms with Gasteiger partial charge in [0, 0.05) is 17.3 Å². The van der Waals surface area contributed by atoms with E-state index in [-0.39, 0.29) is 24.3 Å². The summed E-state index contributed by atoms with van der Waals surface area (Å²) in [5.41, 5.74) is 1.39. The molecule has 1 aromatic rings. The highest BCUT2D eigenvalue weighted by molar-refractivity contribution is 5.60. The lowest BCUT2D eigenvalue weighted by molar-refractivity contribution is -0.385. The van der Waals surface area contributed by atoms with Gasteiger partial charge in [0.25, 0.3) is 5.69 Å². The molecule has 1 aromatic carbocycles. The first-order chi connectivity index (χ1) is 7.97. The molecule has 0 fully saturated rings. The summed E-state index contributed by atoms with van der Waals surface area (Å²) in [4.78, 5) is 10.4. The summed E-state index contributed by atoms with van der Waals surface area (Å²) in [5.74, 6) is 0.249. The van der Waals surface area contributed by atoms with E-state index in [1.54, 1.807) is 19.1 Å². The Labute approximate surface area is 101 Å². The number of benzene rings is 1. The number of hydrogen-bond acceptors (Lipinski definition) is 4. The van der Waals surface area contributed by atoms with Crippen LogP contribution in [-0.2, 0) is 0 Å². The Hall–Kier alpha value is -1.62. The van der Waals surface area contributed by atoms with Crippen molar-refractivity contribution in [3.8, 4) is 0 Å². The third-order valence-corrected chi connectivity index (χ3v) is 2.84. The van der Waals surface area contributed by atoms with Crippen molar-refractivity contribution in [2.24, 2.45) is 5.92 Å². The molecule has 0 aliphatic carbocycles. The van der Waals surface area contributed by atoms with Crippen molar-refractivity contribution in [3.05, 3.63) is 33.9 Å². The Morgan fingerprint density at radius 3 is 2.59 bits per heavy atom. The highest BCUT2D eigenvalue weighted by atomic mass is 16.6. The van der Waals surface area contributed by atoms with Crippen LogP contribution in [0.1, 0.15) is 19.4 Å². The Balaban J connectivity index is 2.99. The Morgan fingerprint density at radius 2 is 2.12 bits per heavy atom. The molecule has 0 saturated carbocycles. The molecule has 1 atom stereocenters. The number of aliphatic hydroxyl groups is 1. The van der Waals surface area contributed by atoms with Gasteiger partial charge in [-0.2, -0.15) is 0 Å². The molecule has 0 unspecified atom stereocenters. The Kier molecular flexibility index (Phi) is 4.45. The zero-order valence-electron chi connectivity index (χ0n) is 10.3. The van der Waals surface area contributed by atoms with E-state index in [9.17, 15) is 15.2 Å². The Morgan fingerprint density at radius 1 is 1.47 bits per heavy atom. The summed E-state index contributed by atoms with van der Waals surface area (Å²) in [7, 11) is 0. The van der Waals surface area contributed by atoms with Crippen molar-refractivity contribution in [2.45, 2.75) is 26.8 Å². The first-order valence-electron chi connectivity index (χ1n) is 5.58. The van der Waals surface area contributed by atoms with Crippen molar-refractivity contribution >= 4 is 11.4 Å². The minimum Gasteiger partial charge on any atom is -0.394 e. The maximum absolute atomic E-state index is 10.8. The molecular formula is C12H18N2O3. The minimum absolute atomic E-state index is 0.000200. The lowest BCUT2D eigenvalue weighted by Crippen LogP contribution is -2.29. The van der Waals surface area contributed by atoms with Gasteiger partial charge in [-0.1, -0.05) is 19.9 Å². The molecule has 0 bridgehead atoms.